The van der Waals surface area contributed by atoms with E-state index >= 15 is 0 Å². The minimum atomic E-state index is -0.118. The Kier molecular flexibility index (Phi) is 4.52. The maximum atomic E-state index is 12.0. The number of hydrogen-bond acceptors (Lipinski definition) is 4. The molecule has 0 saturated carbocycles. The second kappa shape index (κ2) is 6.53. The van der Waals surface area contributed by atoms with Crippen molar-refractivity contribution in [2.45, 2.75) is 6.92 Å². The van der Waals surface area contributed by atoms with Crippen LogP contribution in [0.4, 0.5) is 11.5 Å². The second-order valence-corrected chi connectivity index (χ2v) is 4.79. The number of rotatable bonds is 4. The number of hydrogen-bond donors (Lipinski definition) is 1. The number of carbonyl (C=O) groups is 1. The van der Waals surface area contributed by atoms with Crippen molar-refractivity contribution >= 4 is 17.4 Å². The van der Waals surface area contributed by atoms with Gasteiger partial charge < -0.3 is 10.2 Å². The van der Waals surface area contributed by atoms with Crippen LogP contribution in [0.5, 0.6) is 0 Å². The summed E-state index contributed by atoms with van der Waals surface area (Å²) >= 11 is 0. The van der Waals surface area contributed by atoms with Crippen molar-refractivity contribution in [2.75, 3.05) is 23.8 Å². The zero-order chi connectivity index (χ0) is 15.2. The lowest BCUT2D eigenvalue weighted by Gasteiger charge is -2.17. The number of nitrogens with zero attached hydrogens (tertiary/aromatic N) is 3. The molecule has 106 valence electrons. The minimum Gasteiger partial charge on any atom is -0.350 e. The van der Waals surface area contributed by atoms with Crippen molar-refractivity contribution in [3.8, 4) is 6.07 Å². The van der Waals surface area contributed by atoms with Gasteiger partial charge in [-0.3, -0.25) is 4.79 Å². The van der Waals surface area contributed by atoms with Crippen molar-refractivity contribution in [3.63, 3.8) is 0 Å². The molecule has 5 nitrogen and oxygen atoms in total. The monoisotopic (exact) mass is 280 g/mol. The number of nitriles is 1. The van der Waals surface area contributed by atoms with Gasteiger partial charge in [0.15, 0.2) is 0 Å². The summed E-state index contributed by atoms with van der Waals surface area (Å²) in [6, 6.07) is 13.0. The number of pyridine rings is 1. The zero-order valence-corrected chi connectivity index (χ0v) is 12.0. The van der Waals surface area contributed by atoms with E-state index in [0.717, 1.165) is 11.3 Å². The Hall–Kier alpha value is -2.87. The quantitative estimate of drug-likeness (QED) is 0.933. The molecule has 1 amide bonds. The Balaban J connectivity index is 1.95. The Morgan fingerprint density at radius 3 is 2.57 bits per heavy atom. The first-order valence-corrected chi connectivity index (χ1v) is 6.52. The van der Waals surface area contributed by atoms with Crippen LogP contribution < -0.4 is 10.2 Å². The summed E-state index contributed by atoms with van der Waals surface area (Å²) in [5.74, 6) is 0.528. The highest BCUT2D eigenvalue weighted by atomic mass is 16.2. The summed E-state index contributed by atoms with van der Waals surface area (Å²) < 4.78 is 0. The molecule has 1 heterocycles. The van der Waals surface area contributed by atoms with Crippen molar-refractivity contribution in [3.05, 3.63) is 53.7 Å². The second-order valence-electron chi connectivity index (χ2n) is 4.79. The third-order valence-corrected chi connectivity index (χ3v) is 2.98. The Morgan fingerprint density at radius 2 is 2.00 bits per heavy atom. The van der Waals surface area contributed by atoms with Crippen LogP contribution in [0.15, 0.2) is 42.6 Å². The van der Waals surface area contributed by atoms with Gasteiger partial charge in [0.05, 0.1) is 12.1 Å². The summed E-state index contributed by atoms with van der Waals surface area (Å²) in [4.78, 5) is 17.8. The van der Waals surface area contributed by atoms with Crippen molar-refractivity contribution < 1.29 is 4.79 Å². The lowest BCUT2D eigenvalue weighted by Crippen LogP contribution is -2.30. The molecule has 1 N–H and O–H groups in total. The molecule has 0 saturated heterocycles. The average molecular weight is 280 g/mol. The summed E-state index contributed by atoms with van der Waals surface area (Å²) in [5.41, 5.74) is 2.41. The van der Waals surface area contributed by atoms with Crippen LogP contribution in [0.2, 0.25) is 0 Å². The first-order chi connectivity index (χ1) is 10.1. The molecule has 0 atom stereocenters. The van der Waals surface area contributed by atoms with Gasteiger partial charge >= 0.3 is 0 Å². The highest BCUT2D eigenvalue weighted by Crippen LogP contribution is 2.11. The number of nitrogens with one attached hydrogen (secondary N) is 1. The molecule has 2 rings (SSSR count). The van der Waals surface area contributed by atoms with Crippen LogP contribution in [-0.4, -0.2) is 24.5 Å². The fourth-order valence-corrected chi connectivity index (χ4v) is 1.81. The molecule has 1 aromatic heterocycles. The smallest absolute Gasteiger partial charge is 0.243 e. The molecule has 0 radical (unpaired) electrons. The molecular weight excluding hydrogens is 264 g/mol. The van der Waals surface area contributed by atoms with E-state index in [4.69, 9.17) is 5.26 Å². The molecule has 0 unspecified atom stereocenters. The maximum absolute atomic E-state index is 12.0. The molecule has 0 fully saturated rings. The van der Waals surface area contributed by atoms with E-state index in [-0.39, 0.29) is 12.5 Å². The SMILES string of the molecule is Cc1ccc(NC(=O)CN(C)c2ccc(C#N)cn2)cc1. The van der Waals surface area contributed by atoms with Crippen LogP contribution in [-0.2, 0) is 4.79 Å². The third kappa shape index (κ3) is 4.05. The molecule has 0 aliphatic rings. The topological polar surface area (TPSA) is 69.0 Å². The maximum Gasteiger partial charge on any atom is 0.243 e. The van der Waals surface area contributed by atoms with Crippen molar-refractivity contribution in [1.29, 1.82) is 5.26 Å². The van der Waals surface area contributed by atoms with Crippen molar-refractivity contribution in [2.24, 2.45) is 0 Å². The van der Waals surface area contributed by atoms with Gasteiger partial charge in [0.25, 0.3) is 0 Å². The molecule has 21 heavy (non-hydrogen) atoms. The van der Waals surface area contributed by atoms with Crippen molar-refractivity contribution in [1.82, 2.24) is 4.98 Å². The largest absolute Gasteiger partial charge is 0.350 e. The van der Waals surface area contributed by atoms with Gasteiger partial charge in [-0.15, -0.1) is 0 Å². The van der Waals surface area contributed by atoms with Gasteiger partial charge in [0.2, 0.25) is 5.91 Å². The number of amides is 1. The number of aryl methyl sites for hydroxylation is 1. The van der Waals surface area contributed by atoms with E-state index in [1.165, 1.54) is 6.20 Å². The summed E-state index contributed by atoms with van der Waals surface area (Å²) in [6.07, 6.45) is 1.49. The van der Waals surface area contributed by atoms with E-state index in [1.54, 1.807) is 24.1 Å². The van der Waals surface area contributed by atoms with Gasteiger partial charge in [-0.1, -0.05) is 17.7 Å². The predicted octanol–water partition coefficient (Wildman–Crippen LogP) is 2.34. The summed E-state index contributed by atoms with van der Waals surface area (Å²) in [7, 11) is 1.78. The third-order valence-electron chi connectivity index (χ3n) is 2.98. The van der Waals surface area contributed by atoms with Gasteiger partial charge in [0.1, 0.15) is 11.9 Å². The van der Waals surface area contributed by atoms with E-state index in [1.807, 2.05) is 37.3 Å². The molecule has 0 aliphatic carbocycles. The van der Waals surface area contributed by atoms with Crippen LogP contribution in [0.1, 0.15) is 11.1 Å². The lowest BCUT2D eigenvalue weighted by molar-refractivity contribution is -0.114. The van der Waals surface area contributed by atoms with Gasteiger partial charge in [-0.05, 0) is 31.2 Å². The van der Waals surface area contributed by atoms with E-state index in [0.29, 0.717) is 11.4 Å². The van der Waals surface area contributed by atoms with E-state index < -0.39 is 0 Å². The normalized spacial score (nSPS) is 9.76. The first kappa shape index (κ1) is 14.5. The van der Waals surface area contributed by atoms with Crippen LogP contribution in [0, 0.1) is 18.3 Å². The van der Waals surface area contributed by atoms with Crippen LogP contribution in [0.25, 0.3) is 0 Å². The fourth-order valence-electron chi connectivity index (χ4n) is 1.81. The molecule has 5 heteroatoms. The molecule has 0 aliphatic heterocycles. The lowest BCUT2D eigenvalue weighted by atomic mass is 10.2. The van der Waals surface area contributed by atoms with Gasteiger partial charge in [-0.25, -0.2) is 4.98 Å². The molecule has 0 bridgehead atoms. The molecule has 1 aromatic carbocycles. The van der Waals surface area contributed by atoms with Crippen LogP contribution >= 0.6 is 0 Å². The average Bonchev–Trinajstić information content (AvgIpc) is 2.49. The summed E-state index contributed by atoms with van der Waals surface area (Å²) in [5, 5.41) is 11.6. The Morgan fingerprint density at radius 1 is 1.29 bits per heavy atom. The zero-order valence-electron chi connectivity index (χ0n) is 12.0. The van der Waals surface area contributed by atoms with Gasteiger partial charge in [-0.2, -0.15) is 5.26 Å². The van der Waals surface area contributed by atoms with E-state index in [9.17, 15) is 4.79 Å². The van der Waals surface area contributed by atoms with Crippen LogP contribution in [0.3, 0.4) is 0 Å². The molecule has 0 spiro atoms. The summed E-state index contributed by atoms with van der Waals surface area (Å²) in [6.45, 7) is 2.18. The fraction of sp³-hybridized carbons (Fsp3) is 0.188. The predicted molar refractivity (Wildman–Crippen MR) is 82.0 cm³/mol. The minimum absolute atomic E-state index is 0.118. The Bertz CT molecular complexity index is 656. The molecule has 2 aromatic rings. The number of benzene rings is 1. The number of likely N-dealkylation sites (N-methyl/N-ethyl adjacent to an activating group) is 1. The Labute approximate surface area is 123 Å². The van der Waals surface area contributed by atoms with Gasteiger partial charge in [0, 0.05) is 18.9 Å². The highest BCUT2D eigenvalue weighted by molar-refractivity contribution is 5.93. The highest BCUT2D eigenvalue weighted by Gasteiger charge is 2.08. The standard InChI is InChI=1S/C16H16N4O/c1-12-3-6-14(7-4-12)19-16(21)11-20(2)15-8-5-13(9-17)10-18-15/h3-8,10H,11H2,1-2H3,(H,19,21). The number of carbonyl (C=O) groups excluding carboxylic acids is 1. The first-order valence-electron chi connectivity index (χ1n) is 6.52. The number of aromatic nitrogens is 1. The van der Waals surface area contributed by atoms with E-state index in [2.05, 4.69) is 10.3 Å². The molecular formula is C16H16N4O. The number of anilines is 2.